The summed E-state index contributed by atoms with van der Waals surface area (Å²) in [5.74, 6) is 0.444. The molecule has 0 atom stereocenters. The van der Waals surface area contributed by atoms with E-state index in [0.29, 0.717) is 5.88 Å². The normalized spacial score (nSPS) is 10.2. The van der Waals surface area contributed by atoms with E-state index in [1.165, 1.54) is 0 Å². The van der Waals surface area contributed by atoms with Gasteiger partial charge in [0.1, 0.15) is 0 Å². The molecule has 0 N–H and O–H groups in total. The summed E-state index contributed by atoms with van der Waals surface area (Å²) in [5, 5.41) is 0. The van der Waals surface area contributed by atoms with Crippen LogP contribution in [0.1, 0.15) is 22.8 Å². The summed E-state index contributed by atoms with van der Waals surface area (Å²) in [7, 11) is 0. The summed E-state index contributed by atoms with van der Waals surface area (Å²) in [4.78, 5) is 8.59. The molecule has 2 nitrogen and oxygen atoms in total. The molecule has 0 aliphatic carbocycles. The van der Waals surface area contributed by atoms with E-state index in [1.54, 1.807) is 0 Å². The predicted molar refractivity (Wildman–Crippen MR) is 45.8 cm³/mol. The van der Waals surface area contributed by atoms with E-state index in [9.17, 15) is 0 Å². The second-order valence-electron chi connectivity index (χ2n) is 2.56. The Morgan fingerprint density at radius 3 is 2.09 bits per heavy atom. The highest BCUT2D eigenvalue weighted by Crippen LogP contribution is 2.08. The first kappa shape index (κ1) is 8.47. The first-order valence-electron chi connectivity index (χ1n) is 3.52. The van der Waals surface area contributed by atoms with E-state index >= 15 is 0 Å². The second-order valence-corrected chi connectivity index (χ2v) is 2.83. The van der Waals surface area contributed by atoms with Gasteiger partial charge < -0.3 is 0 Å². The number of alkyl halides is 1. The SMILES string of the molecule is Cc1nc(C)c(CCl)nc1C. The zero-order valence-corrected chi connectivity index (χ0v) is 7.74. The lowest BCUT2D eigenvalue weighted by Gasteiger charge is -2.03. The average Bonchev–Trinajstić information content (AvgIpc) is 1.97. The van der Waals surface area contributed by atoms with Crippen molar-refractivity contribution in [2.45, 2.75) is 26.7 Å². The maximum atomic E-state index is 5.65. The van der Waals surface area contributed by atoms with Crippen molar-refractivity contribution in [3.8, 4) is 0 Å². The predicted octanol–water partition coefficient (Wildman–Crippen LogP) is 2.14. The number of rotatable bonds is 1. The lowest BCUT2D eigenvalue weighted by molar-refractivity contribution is 0.948. The second kappa shape index (κ2) is 3.18. The summed E-state index contributed by atoms with van der Waals surface area (Å²) >= 11 is 5.65. The molecule has 1 aromatic heterocycles. The Morgan fingerprint density at radius 2 is 1.55 bits per heavy atom. The number of nitrogens with zero attached hydrogens (tertiary/aromatic N) is 2. The molecule has 0 saturated carbocycles. The number of aromatic nitrogens is 2. The molecule has 0 radical (unpaired) electrons. The van der Waals surface area contributed by atoms with E-state index in [2.05, 4.69) is 9.97 Å². The third-order valence-electron chi connectivity index (χ3n) is 1.71. The van der Waals surface area contributed by atoms with Crippen molar-refractivity contribution >= 4 is 11.6 Å². The Kier molecular flexibility index (Phi) is 2.45. The Morgan fingerprint density at radius 1 is 1.00 bits per heavy atom. The molecular weight excluding hydrogens is 160 g/mol. The van der Waals surface area contributed by atoms with Crippen molar-refractivity contribution in [1.29, 1.82) is 0 Å². The maximum absolute atomic E-state index is 5.65. The van der Waals surface area contributed by atoms with Crippen LogP contribution in [-0.4, -0.2) is 9.97 Å². The van der Waals surface area contributed by atoms with Crippen LogP contribution in [0.2, 0.25) is 0 Å². The van der Waals surface area contributed by atoms with Crippen LogP contribution in [0.25, 0.3) is 0 Å². The van der Waals surface area contributed by atoms with Crippen LogP contribution < -0.4 is 0 Å². The van der Waals surface area contributed by atoms with E-state index in [1.807, 2.05) is 20.8 Å². The Balaban J connectivity index is 3.21. The van der Waals surface area contributed by atoms with E-state index in [-0.39, 0.29) is 0 Å². The van der Waals surface area contributed by atoms with Gasteiger partial charge in [-0.1, -0.05) is 0 Å². The van der Waals surface area contributed by atoms with Gasteiger partial charge in [-0.2, -0.15) is 0 Å². The molecule has 0 aliphatic heterocycles. The van der Waals surface area contributed by atoms with Crippen molar-refractivity contribution in [3.05, 3.63) is 22.8 Å². The minimum absolute atomic E-state index is 0.444. The molecule has 0 aliphatic rings. The fourth-order valence-electron chi connectivity index (χ4n) is 0.888. The van der Waals surface area contributed by atoms with Crippen LogP contribution in [0.15, 0.2) is 0 Å². The fourth-order valence-corrected chi connectivity index (χ4v) is 1.14. The summed E-state index contributed by atoms with van der Waals surface area (Å²) < 4.78 is 0. The summed E-state index contributed by atoms with van der Waals surface area (Å²) in [5.41, 5.74) is 3.76. The van der Waals surface area contributed by atoms with Crippen LogP contribution in [0.5, 0.6) is 0 Å². The average molecular weight is 171 g/mol. The highest BCUT2D eigenvalue weighted by Gasteiger charge is 2.02. The van der Waals surface area contributed by atoms with Gasteiger partial charge in [0.05, 0.1) is 28.7 Å². The van der Waals surface area contributed by atoms with Gasteiger partial charge in [-0.15, -0.1) is 11.6 Å². The van der Waals surface area contributed by atoms with Gasteiger partial charge in [0.15, 0.2) is 0 Å². The minimum atomic E-state index is 0.444. The zero-order chi connectivity index (χ0) is 8.43. The Bertz CT molecular complexity index is 271. The maximum Gasteiger partial charge on any atom is 0.0766 e. The van der Waals surface area contributed by atoms with Gasteiger partial charge in [-0.25, -0.2) is 0 Å². The largest absolute Gasteiger partial charge is 0.255 e. The van der Waals surface area contributed by atoms with Crippen molar-refractivity contribution in [2.24, 2.45) is 0 Å². The first-order chi connectivity index (χ1) is 5.15. The van der Waals surface area contributed by atoms with Gasteiger partial charge >= 0.3 is 0 Å². The molecule has 0 bridgehead atoms. The number of halogens is 1. The molecular formula is C8H11ClN2. The van der Waals surface area contributed by atoms with Gasteiger partial charge in [-0.3, -0.25) is 9.97 Å². The third-order valence-corrected chi connectivity index (χ3v) is 1.96. The number of aryl methyl sites for hydroxylation is 3. The Labute approximate surface area is 71.6 Å². The molecule has 60 valence electrons. The van der Waals surface area contributed by atoms with Crippen LogP contribution >= 0.6 is 11.6 Å². The van der Waals surface area contributed by atoms with Crippen LogP contribution in [0.3, 0.4) is 0 Å². The quantitative estimate of drug-likeness (QED) is 0.604. The molecule has 3 heteroatoms. The van der Waals surface area contributed by atoms with Crippen molar-refractivity contribution in [3.63, 3.8) is 0 Å². The third kappa shape index (κ3) is 1.69. The van der Waals surface area contributed by atoms with Gasteiger partial charge in [0.25, 0.3) is 0 Å². The highest BCUT2D eigenvalue weighted by atomic mass is 35.5. The van der Waals surface area contributed by atoms with Gasteiger partial charge in [-0.05, 0) is 20.8 Å². The molecule has 0 saturated heterocycles. The summed E-state index contributed by atoms with van der Waals surface area (Å²) in [6.45, 7) is 5.82. The van der Waals surface area contributed by atoms with Crippen molar-refractivity contribution in [1.82, 2.24) is 9.97 Å². The van der Waals surface area contributed by atoms with Gasteiger partial charge in [0, 0.05) is 0 Å². The van der Waals surface area contributed by atoms with E-state index in [4.69, 9.17) is 11.6 Å². The molecule has 0 spiro atoms. The summed E-state index contributed by atoms with van der Waals surface area (Å²) in [6.07, 6.45) is 0. The van der Waals surface area contributed by atoms with E-state index < -0.39 is 0 Å². The van der Waals surface area contributed by atoms with Crippen molar-refractivity contribution in [2.75, 3.05) is 0 Å². The Hall–Kier alpha value is -0.630. The molecule has 0 amide bonds. The standard InChI is InChI=1S/C8H11ClN2/c1-5-6(2)11-8(4-9)7(3)10-5/h4H2,1-3H3. The monoisotopic (exact) mass is 170 g/mol. The first-order valence-corrected chi connectivity index (χ1v) is 4.05. The van der Waals surface area contributed by atoms with Crippen LogP contribution in [0, 0.1) is 20.8 Å². The number of hydrogen-bond donors (Lipinski definition) is 0. The fraction of sp³-hybridized carbons (Fsp3) is 0.500. The van der Waals surface area contributed by atoms with Crippen molar-refractivity contribution < 1.29 is 0 Å². The van der Waals surface area contributed by atoms with Crippen LogP contribution in [-0.2, 0) is 5.88 Å². The summed E-state index contributed by atoms with van der Waals surface area (Å²) in [6, 6.07) is 0. The molecule has 0 aromatic carbocycles. The van der Waals surface area contributed by atoms with E-state index in [0.717, 1.165) is 22.8 Å². The number of hydrogen-bond acceptors (Lipinski definition) is 2. The smallest absolute Gasteiger partial charge is 0.0766 e. The van der Waals surface area contributed by atoms with Crippen LogP contribution in [0.4, 0.5) is 0 Å². The van der Waals surface area contributed by atoms with Gasteiger partial charge in [0.2, 0.25) is 0 Å². The molecule has 1 aromatic rings. The molecule has 11 heavy (non-hydrogen) atoms. The minimum Gasteiger partial charge on any atom is -0.255 e. The molecule has 1 rings (SSSR count). The lowest BCUT2D eigenvalue weighted by Crippen LogP contribution is -2.00. The lowest BCUT2D eigenvalue weighted by atomic mass is 10.3. The molecule has 0 fully saturated rings. The highest BCUT2D eigenvalue weighted by molar-refractivity contribution is 6.16. The molecule has 1 heterocycles. The zero-order valence-electron chi connectivity index (χ0n) is 6.98. The molecule has 0 unspecified atom stereocenters. The topological polar surface area (TPSA) is 25.8 Å².